The van der Waals surface area contributed by atoms with Crippen LogP contribution in [0.4, 0.5) is 4.39 Å². The second-order valence-electron chi connectivity index (χ2n) is 3.89. The first-order valence-electron chi connectivity index (χ1n) is 5.17. The van der Waals surface area contributed by atoms with E-state index < -0.39 is 11.9 Å². The standard InChI is InChI=1S/C12H16ClFO2/c1-8(16-2)5-10(15)6-9-3-4-11(13)12(14)7-9/h3-4,7-8,10,15H,5-6H2,1-2H3. The van der Waals surface area contributed by atoms with Gasteiger partial charge < -0.3 is 9.84 Å². The van der Waals surface area contributed by atoms with Crippen molar-refractivity contribution in [2.75, 3.05) is 7.11 Å². The largest absolute Gasteiger partial charge is 0.393 e. The fourth-order valence-electron chi connectivity index (χ4n) is 1.50. The molecule has 0 radical (unpaired) electrons. The third-order valence-electron chi connectivity index (χ3n) is 2.46. The highest BCUT2D eigenvalue weighted by molar-refractivity contribution is 6.30. The van der Waals surface area contributed by atoms with Crippen LogP contribution in [0.1, 0.15) is 18.9 Å². The number of methoxy groups -OCH3 is 1. The van der Waals surface area contributed by atoms with Gasteiger partial charge in [0.1, 0.15) is 5.82 Å². The third kappa shape index (κ3) is 4.08. The molecule has 2 nitrogen and oxygen atoms in total. The van der Waals surface area contributed by atoms with Gasteiger partial charge >= 0.3 is 0 Å². The van der Waals surface area contributed by atoms with Crippen LogP contribution in [0, 0.1) is 5.82 Å². The summed E-state index contributed by atoms with van der Waals surface area (Å²) in [6.07, 6.45) is 0.394. The molecule has 16 heavy (non-hydrogen) atoms. The molecule has 1 aromatic rings. The van der Waals surface area contributed by atoms with Crippen LogP contribution >= 0.6 is 11.6 Å². The second kappa shape index (κ2) is 6.18. The summed E-state index contributed by atoms with van der Waals surface area (Å²) in [6, 6.07) is 4.56. The Bertz CT molecular complexity index is 344. The van der Waals surface area contributed by atoms with Gasteiger partial charge in [-0.25, -0.2) is 4.39 Å². The van der Waals surface area contributed by atoms with E-state index in [9.17, 15) is 9.50 Å². The molecule has 2 atom stereocenters. The Balaban J connectivity index is 2.56. The molecule has 4 heteroatoms. The molecule has 0 spiro atoms. The minimum absolute atomic E-state index is 0.00727. The van der Waals surface area contributed by atoms with Gasteiger partial charge in [0.15, 0.2) is 0 Å². The van der Waals surface area contributed by atoms with Crippen molar-refractivity contribution >= 4 is 11.6 Å². The zero-order valence-electron chi connectivity index (χ0n) is 9.41. The number of hydrogen-bond acceptors (Lipinski definition) is 2. The Morgan fingerprint density at radius 3 is 2.75 bits per heavy atom. The van der Waals surface area contributed by atoms with Crippen molar-refractivity contribution in [2.45, 2.75) is 32.0 Å². The fraction of sp³-hybridized carbons (Fsp3) is 0.500. The van der Waals surface area contributed by atoms with Crippen molar-refractivity contribution in [3.8, 4) is 0 Å². The number of aliphatic hydroxyl groups excluding tert-OH is 1. The molecule has 0 aliphatic rings. The fourth-order valence-corrected chi connectivity index (χ4v) is 1.62. The van der Waals surface area contributed by atoms with Crippen LogP contribution in [-0.2, 0) is 11.2 Å². The summed E-state index contributed by atoms with van der Waals surface area (Å²) in [5, 5.41) is 9.83. The average Bonchev–Trinajstić information content (AvgIpc) is 2.23. The molecule has 0 aromatic heterocycles. The lowest BCUT2D eigenvalue weighted by atomic mass is 10.0. The molecule has 0 saturated heterocycles. The lowest BCUT2D eigenvalue weighted by Gasteiger charge is -2.15. The Morgan fingerprint density at radius 1 is 1.50 bits per heavy atom. The smallest absolute Gasteiger partial charge is 0.142 e. The molecule has 1 N–H and O–H groups in total. The maximum Gasteiger partial charge on any atom is 0.142 e. The van der Waals surface area contributed by atoms with Crippen LogP contribution in [0.3, 0.4) is 0 Å². The van der Waals surface area contributed by atoms with Crippen LogP contribution in [0.25, 0.3) is 0 Å². The van der Waals surface area contributed by atoms with Gasteiger partial charge in [-0.3, -0.25) is 0 Å². The lowest BCUT2D eigenvalue weighted by molar-refractivity contribution is 0.0565. The van der Waals surface area contributed by atoms with E-state index >= 15 is 0 Å². The van der Waals surface area contributed by atoms with Gasteiger partial charge in [-0.1, -0.05) is 17.7 Å². The molecule has 0 saturated carbocycles. The highest BCUT2D eigenvalue weighted by Gasteiger charge is 2.11. The molecule has 0 aliphatic heterocycles. The lowest BCUT2D eigenvalue weighted by Crippen LogP contribution is -2.19. The van der Waals surface area contributed by atoms with E-state index in [0.29, 0.717) is 12.8 Å². The summed E-state index contributed by atoms with van der Waals surface area (Å²) in [7, 11) is 1.60. The molecule has 2 unspecified atom stereocenters. The highest BCUT2D eigenvalue weighted by Crippen LogP contribution is 2.17. The molecule has 0 bridgehead atoms. The summed E-state index contributed by atoms with van der Waals surface area (Å²) in [5.41, 5.74) is 0.734. The zero-order valence-corrected chi connectivity index (χ0v) is 10.2. The molecule has 1 aromatic carbocycles. The van der Waals surface area contributed by atoms with E-state index in [0.717, 1.165) is 5.56 Å². The number of aliphatic hydroxyl groups is 1. The third-order valence-corrected chi connectivity index (χ3v) is 2.77. The molecule has 0 aliphatic carbocycles. The van der Waals surface area contributed by atoms with Crippen molar-refractivity contribution < 1.29 is 14.2 Å². The van der Waals surface area contributed by atoms with Gasteiger partial charge in [-0.05, 0) is 37.5 Å². The average molecular weight is 247 g/mol. The van der Waals surface area contributed by atoms with Crippen molar-refractivity contribution in [3.63, 3.8) is 0 Å². The van der Waals surface area contributed by atoms with E-state index in [1.165, 1.54) is 12.1 Å². The predicted octanol–water partition coefficient (Wildman–Crippen LogP) is 2.81. The number of hydrogen-bond donors (Lipinski definition) is 1. The quantitative estimate of drug-likeness (QED) is 0.866. The van der Waals surface area contributed by atoms with E-state index in [1.807, 2.05) is 6.92 Å². The van der Waals surface area contributed by atoms with E-state index in [1.54, 1.807) is 13.2 Å². The Morgan fingerprint density at radius 2 is 2.19 bits per heavy atom. The molecule has 1 rings (SSSR count). The van der Waals surface area contributed by atoms with Crippen LogP contribution in [0.5, 0.6) is 0 Å². The molecular formula is C12H16ClFO2. The Hall–Kier alpha value is -0.640. The molecule has 0 amide bonds. The van der Waals surface area contributed by atoms with Crippen molar-refractivity contribution in [1.82, 2.24) is 0 Å². The van der Waals surface area contributed by atoms with Gasteiger partial charge in [-0.2, -0.15) is 0 Å². The normalized spacial score (nSPS) is 14.8. The SMILES string of the molecule is COC(C)CC(O)Cc1ccc(Cl)c(F)c1. The maximum absolute atomic E-state index is 13.1. The number of ether oxygens (including phenoxy) is 1. The van der Waals surface area contributed by atoms with E-state index in [2.05, 4.69) is 0 Å². The van der Waals surface area contributed by atoms with Crippen molar-refractivity contribution in [1.29, 1.82) is 0 Å². The highest BCUT2D eigenvalue weighted by atomic mass is 35.5. The van der Waals surface area contributed by atoms with Crippen LogP contribution in [0.15, 0.2) is 18.2 Å². The zero-order chi connectivity index (χ0) is 12.1. The molecule has 90 valence electrons. The summed E-state index contributed by atoms with van der Waals surface area (Å²) in [6.45, 7) is 1.88. The number of halogens is 2. The predicted molar refractivity (Wildman–Crippen MR) is 62.2 cm³/mol. The van der Waals surface area contributed by atoms with Crippen LogP contribution < -0.4 is 0 Å². The van der Waals surface area contributed by atoms with Gasteiger partial charge in [0, 0.05) is 7.11 Å². The topological polar surface area (TPSA) is 29.5 Å². The van der Waals surface area contributed by atoms with Crippen LogP contribution in [0.2, 0.25) is 5.02 Å². The molecule has 0 heterocycles. The van der Waals surface area contributed by atoms with Gasteiger partial charge in [0.2, 0.25) is 0 Å². The van der Waals surface area contributed by atoms with Crippen molar-refractivity contribution in [3.05, 3.63) is 34.6 Å². The van der Waals surface area contributed by atoms with Gasteiger partial charge in [0.05, 0.1) is 17.2 Å². The number of rotatable bonds is 5. The monoisotopic (exact) mass is 246 g/mol. The van der Waals surface area contributed by atoms with Crippen LogP contribution in [-0.4, -0.2) is 24.4 Å². The summed E-state index contributed by atoms with van der Waals surface area (Å²) in [4.78, 5) is 0. The molecule has 0 fully saturated rings. The first kappa shape index (κ1) is 13.4. The minimum Gasteiger partial charge on any atom is -0.393 e. The Labute approximate surface area is 100.0 Å². The second-order valence-corrected chi connectivity index (χ2v) is 4.30. The maximum atomic E-state index is 13.1. The summed E-state index contributed by atoms with van der Waals surface area (Å²) < 4.78 is 18.2. The van der Waals surface area contributed by atoms with E-state index in [-0.39, 0.29) is 11.1 Å². The number of benzene rings is 1. The first-order valence-corrected chi connectivity index (χ1v) is 5.55. The molecular weight excluding hydrogens is 231 g/mol. The summed E-state index contributed by atoms with van der Waals surface area (Å²) in [5.74, 6) is -0.453. The van der Waals surface area contributed by atoms with E-state index in [4.69, 9.17) is 16.3 Å². The van der Waals surface area contributed by atoms with Crippen molar-refractivity contribution in [2.24, 2.45) is 0 Å². The minimum atomic E-state index is -0.532. The Kier molecular flexibility index (Phi) is 5.19. The summed E-state index contributed by atoms with van der Waals surface area (Å²) >= 11 is 5.57. The van der Waals surface area contributed by atoms with Gasteiger partial charge in [0.25, 0.3) is 0 Å². The first-order chi connectivity index (χ1) is 7.52. The van der Waals surface area contributed by atoms with Gasteiger partial charge in [-0.15, -0.1) is 0 Å².